The van der Waals surface area contributed by atoms with Crippen molar-refractivity contribution in [1.29, 1.82) is 0 Å². The van der Waals surface area contributed by atoms with Crippen LogP contribution in [0.4, 0.5) is 5.69 Å². The minimum Gasteiger partial charge on any atom is -0.493 e. The SMILES string of the molecule is [2H]C([2H])(C)C([2H])([2H])Oc1cc(CC(=O)N[C@@H](CC(C)C)c2ccccc2N2CCCCC2)ccc1C(=O)O. The smallest absolute Gasteiger partial charge is 0.339 e. The monoisotopic (exact) mass is 470 g/mol. The van der Waals surface area contributed by atoms with Gasteiger partial charge in [-0.25, -0.2) is 4.79 Å². The Morgan fingerprint density at radius 2 is 1.88 bits per heavy atom. The van der Waals surface area contributed by atoms with Gasteiger partial charge in [0.1, 0.15) is 11.3 Å². The standard InChI is InChI=1S/C28H38N2O4/c1-4-16-34-26-18-21(12-13-23(26)28(32)33)19-27(31)29-24(17-20(2)3)22-10-6-7-11-25(22)30-14-8-5-9-15-30/h6-7,10-13,18,20,24H,4-5,8-9,14-17,19H2,1-3H3,(H,29,31)(H,32,33)/t24-/m0/s1/i4D2,16D2. The Bertz CT molecular complexity index is 1130. The third-order valence-corrected chi connectivity index (χ3v) is 5.96. The van der Waals surface area contributed by atoms with E-state index in [2.05, 4.69) is 36.2 Å². The first-order valence-corrected chi connectivity index (χ1v) is 12.0. The molecule has 184 valence electrons. The number of ether oxygens (including phenoxy) is 1. The summed E-state index contributed by atoms with van der Waals surface area (Å²) in [6.45, 7) is 4.43. The van der Waals surface area contributed by atoms with Crippen LogP contribution in [-0.4, -0.2) is 36.6 Å². The summed E-state index contributed by atoms with van der Waals surface area (Å²) >= 11 is 0. The number of rotatable bonds is 11. The second kappa shape index (κ2) is 12.4. The molecule has 6 nitrogen and oxygen atoms in total. The Labute approximate surface area is 208 Å². The fraction of sp³-hybridized carbons (Fsp3) is 0.500. The predicted octanol–water partition coefficient (Wildman–Crippen LogP) is 5.61. The van der Waals surface area contributed by atoms with Gasteiger partial charge in [-0.15, -0.1) is 0 Å². The molecular formula is C28H38N2O4. The number of nitrogens with zero attached hydrogens (tertiary/aromatic N) is 1. The van der Waals surface area contributed by atoms with Crippen LogP contribution in [0.5, 0.6) is 5.75 Å². The van der Waals surface area contributed by atoms with E-state index in [1.54, 1.807) is 0 Å². The third kappa shape index (κ3) is 6.99. The molecule has 1 saturated heterocycles. The lowest BCUT2D eigenvalue weighted by molar-refractivity contribution is -0.121. The average Bonchev–Trinajstić information content (AvgIpc) is 2.83. The molecule has 1 amide bonds. The molecule has 6 heteroatoms. The van der Waals surface area contributed by atoms with E-state index in [9.17, 15) is 14.7 Å². The zero-order valence-electron chi connectivity index (χ0n) is 24.3. The molecule has 34 heavy (non-hydrogen) atoms. The Morgan fingerprint density at radius 1 is 1.15 bits per heavy atom. The number of carboxylic acid groups (broad SMARTS) is 1. The lowest BCUT2D eigenvalue weighted by atomic mass is 9.94. The van der Waals surface area contributed by atoms with Gasteiger partial charge >= 0.3 is 5.97 Å². The number of aromatic carboxylic acids is 1. The molecule has 0 radical (unpaired) electrons. The summed E-state index contributed by atoms with van der Waals surface area (Å²) in [5.74, 6) is -1.59. The second-order valence-electron chi connectivity index (χ2n) is 9.12. The quantitative estimate of drug-likeness (QED) is 0.446. The minimum absolute atomic E-state index is 0.0707. The molecule has 1 fully saturated rings. The number of piperidine rings is 1. The topological polar surface area (TPSA) is 78.9 Å². The predicted molar refractivity (Wildman–Crippen MR) is 136 cm³/mol. The van der Waals surface area contributed by atoms with Crippen molar-refractivity contribution in [2.45, 2.75) is 65.3 Å². The number of hydrogen-bond donors (Lipinski definition) is 2. The van der Waals surface area contributed by atoms with Crippen molar-refractivity contribution in [3.63, 3.8) is 0 Å². The van der Waals surface area contributed by atoms with Crippen LogP contribution < -0.4 is 15.0 Å². The summed E-state index contributed by atoms with van der Waals surface area (Å²) in [6, 6.07) is 12.0. The maximum absolute atomic E-state index is 13.2. The van der Waals surface area contributed by atoms with E-state index in [-0.39, 0.29) is 29.7 Å². The molecule has 0 unspecified atom stereocenters. The Balaban J connectivity index is 1.84. The molecule has 1 heterocycles. The molecule has 1 aliphatic heterocycles. The van der Waals surface area contributed by atoms with Gasteiger partial charge in [-0.3, -0.25) is 4.79 Å². The summed E-state index contributed by atoms with van der Waals surface area (Å²) in [6.07, 6.45) is 1.80. The van der Waals surface area contributed by atoms with Crippen LogP contribution in [0, 0.1) is 5.92 Å². The van der Waals surface area contributed by atoms with Gasteiger partial charge in [0, 0.05) is 21.5 Å². The molecule has 0 aromatic heterocycles. The largest absolute Gasteiger partial charge is 0.493 e. The highest BCUT2D eigenvalue weighted by Gasteiger charge is 2.23. The van der Waals surface area contributed by atoms with Crippen molar-refractivity contribution in [3.05, 3.63) is 59.2 Å². The molecule has 0 bridgehead atoms. The van der Waals surface area contributed by atoms with Crippen LogP contribution in [0.15, 0.2) is 42.5 Å². The number of benzene rings is 2. The first kappa shape index (κ1) is 20.4. The third-order valence-electron chi connectivity index (χ3n) is 5.96. The van der Waals surface area contributed by atoms with E-state index in [0.717, 1.165) is 50.5 Å². The molecule has 2 aromatic rings. The van der Waals surface area contributed by atoms with Gasteiger partial charge in [-0.2, -0.15) is 0 Å². The van der Waals surface area contributed by atoms with Gasteiger partial charge in [-0.05, 0) is 67.3 Å². The zero-order valence-corrected chi connectivity index (χ0v) is 20.3. The van der Waals surface area contributed by atoms with Gasteiger partial charge in [0.05, 0.1) is 21.8 Å². The van der Waals surface area contributed by atoms with Crippen molar-refractivity contribution in [2.75, 3.05) is 24.5 Å². The van der Waals surface area contributed by atoms with Gasteiger partial charge in [0.15, 0.2) is 0 Å². The number of carboxylic acids is 1. The fourth-order valence-electron chi connectivity index (χ4n) is 4.41. The van der Waals surface area contributed by atoms with Gasteiger partial charge < -0.3 is 20.1 Å². The highest BCUT2D eigenvalue weighted by Crippen LogP contribution is 2.32. The molecule has 0 spiro atoms. The Morgan fingerprint density at radius 3 is 2.56 bits per heavy atom. The van der Waals surface area contributed by atoms with Crippen molar-refractivity contribution in [2.24, 2.45) is 5.92 Å². The first-order chi connectivity index (χ1) is 17.8. The lowest BCUT2D eigenvalue weighted by Gasteiger charge is -2.33. The summed E-state index contributed by atoms with van der Waals surface area (Å²) in [5, 5.41) is 12.7. The van der Waals surface area contributed by atoms with Crippen molar-refractivity contribution in [1.82, 2.24) is 5.32 Å². The fourth-order valence-corrected chi connectivity index (χ4v) is 4.41. The summed E-state index contributed by atoms with van der Waals surface area (Å²) < 4.78 is 36.4. The Kier molecular flexibility index (Phi) is 7.45. The van der Waals surface area contributed by atoms with E-state index in [1.807, 2.05) is 12.1 Å². The van der Waals surface area contributed by atoms with E-state index < -0.39 is 18.9 Å². The van der Waals surface area contributed by atoms with Crippen LogP contribution in [0.3, 0.4) is 0 Å². The number of nitrogens with one attached hydrogen (secondary N) is 1. The van der Waals surface area contributed by atoms with E-state index in [4.69, 9.17) is 10.2 Å². The molecular weight excluding hydrogens is 428 g/mol. The highest BCUT2D eigenvalue weighted by atomic mass is 16.5. The number of carbonyl (C=O) groups excluding carboxylic acids is 1. The van der Waals surface area contributed by atoms with Crippen molar-refractivity contribution >= 4 is 17.6 Å². The number of carbonyl (C=O) groups is 2. The second-order valence-corrected chi connectivity index (χ2v) is 9.12. The Hall–Kier alpha value is -3.02. The number of anilines is 1. The van der Waals surface area contributed by atoms with Gasteiger partial charge in [0.2, 0.25) is 5.91 Å². The normalized spacial score (nSPS) is 17.2. The van der Waals surface area contributed by atoms with Crippen LogP contribution >= 0.6 is 0 Å². The maximum atomic E-state index is 13.2. The van der Waals surface area contributed by atoms with Crippen LogP contribution in [-0.2, 0) is 11.2 Å². The molecule has 2 N–H and O–H groups in total. The average molecular weight is 471 g/mol. The van der Waals surface area contributed by atoms with Crippen molar-refractivity contribution in [3.8, 4) is 5.75 Å². The molecule has 0 saturated carbocycles. The highest BCUT2D eigenvalue weighted by molar-refractivity contribution is 5.91. The van der Waals surface area contributed by atoms with E-state index in [0.29, 0.717) is 11.5 Å². The molecule has 1 atom stereocenters. The number of amides is 1. The zero-order chi connectivity index (χ0) is 28.1. The van der Waals surface area contributed by atoms with Gasteiger partial charge in [0.25, 0.3) is 0 Å². The van der Waals surface area contributed by atoms with Crippen LogP contribution in [0.25, 0.3) is 0 Å². The molecule has 2 aromatic carbocycles. The summed E-state index contributed by atoms with van der Waals surface area (Å²) in [5.41, 5.74) is 2.33. The molecule has 1 aliphatic rings. The van der Waals surface area contributed by atoms with Gasteiger partial charge in [-0.1, -0.05) is 45.0 Å². The van der Waals surface area contributed by atoms with Crippen LogP contribution in [0.1, 0.15) is 85.8 Å². The number of hydrogen-bond acceptors (Lipinski definition) is 4. The summed E-state index contributed by atoms with van der Waals surface area (Å²) in [7, 11) is 0. The molecule has 3 rings (SSSR count). The van der Waals surface area contributed by atoms with Crippen LogP contribution in [0.2, 0.25) is 0 Å². The van der Waals surface area contributed by atoms with E-state index >= 15 is 0 Å². The molecule has 0 aliphatic carbocycles. The first-order valence-electron chi connectivity index (χ1n) is 14.0. The lowest BCUT2D eigenvalue weighted by Crippen LogP contribution is -2.34. The van der Waals surface area contributed by atoms with E-state index in [1.165, 1.54) is 24.6 Å². The van der Waals surface area contributed by atoms with Crippen molar-refractivity contribution < 1.29 is 24.9 Å². The summed E-state index contributed by atoms with van der Waals surface area (Å²) in [4.78, 5) is 27.3. The maximum Gasteiger partial charge on any atom is 0.339 e. The number of para-hydroxylation sites is 1. The minimum atomic E-state index is -2.78.